The number of benzene rings is 2. The van der Waals surface area contributed by atoms with Crippen LogP contribution in [0.5, 0.6) is 0 Å². The van der Waals surface area contributed by atoms with Crippen molar-refractivity contribution in [3.8, 4) is 0 Å². The van der Waals surface area contributed by atoms with E-state index in [9.17, 15) is 4.79 Å². The van der Waals surface area contributed by atoms with Crippen LogP contribution in [0.4, 0.5) is 0 Å². The predicted molar refractivity (Wildman–Crippen MR) is 71.8 cm³/mol. The van der Waals surface area contributed by atoms with Gasteiger partial charge in [-0.05, 0) is 24.1 Å². The molecule has 3 rings (SSSR count). The Morgan fingerprint density at radius 1 is 1.17 bits per heavy atom. The number of Topliss-reactive ketones (excluding diaryl/α,β-unsaturated/α-hetero) is 1. The van der Waals surface area contributed by atoms with Gasteiger partial charge in [-0.3, -0.25) is 4.79 Å². The van der Waals surface area contributed by atoms with Gasteiger partial charge < -0.3 is 4.74 Å². The van der Waals surface area contributed by atoms with Gasteiger partial charge in [0.1, 0.15) is 0 Å². The van der Waals surface area contributed by atoms with E-state index in [0.29, 0.717) is 6.61 Å². The lowest BCUT2D eigenvalue weighted by atomic mass is 9.90. The van der Waals surface area contributed by atoms with Crippen molar-refractivity contribution in [3.05, 3.63) is 48.0 Å². The maximum atomic E-state index is 12.6. The lowest BCUT2D eigenvalue weighted by molar-refractivity contribution is 0.0766. The van der Waals surface area contributed by atoms with Crippen LogP contribution in [-0.2, 0) is 4.74 Å². The monoisotopic (exact) mass is 240 g/mol. The first-order chi connectivity index (χ1) is 8.77. The molecule has 1 aliphatic heterocycles. The Labute approximate surface area is 107 Å². The Kier molecular flexibility index (Phi) is 2.88. The van der Waals surface area contributed by atoms with E-state index in [-0.39, 0.29) is 17.8 Å². The van der Waals surface area contributed by atoms with E-state index >= 15 is 0 Å². The summed E-state index contributed by atoms with van der Waals surface area (Å²) in [6.45, 7) is 2.68. The molecule has 0 amide bonds. The number of rotatable bonds is 2. The van der Waals surface area contributed by atoms with E-state index in [2.05, 4.69) is 0 Å². The van der Waals surface area contributed by atoms with Crippen LogP contribution in [0.3, 0.4) is 0 Å². The molecule has 0 spiro atoms. The number of hydrogen-bond donors (Lipinski definition) is 0. The zero-order chi connectivity index (χ0) is 12.5. The zero-order valence-corrected chi connectivity index (χ0v) is 10.4. The molecule has 1 fully saturated rings. The molecule has 2 atom stereocenters. The summed E-state index contributed by atoms with van der Waals surface area (Å²) in [5.74, 6) is 0.229. The minimum atomic E-state index is 0.0100. The Bertz CT molecular complexity index is 583. The van der Waals surface area contributed by atoms with E-state index in [0.717, 1.165) is 22.8 Å². The largest absolute Gasteiger partial charge is 0.378 e. The molecule has 0 radical (unpaired) electrons. The summed E-state index contributed by atoms with van der Waals surface area (Å²) in [7, 11) is 0. The molecule has 1 heterocycles. The fourth-order valence-electron chi connectivity index (χ4n) is 2.72. The molecular weight excluding hydrogens is 224 g/mol. The Balaban J connectivity index is 2.06. The molecule has 2 heteroatoms. The summed E-state index contributed by atoms with van der Waals surface area (Å²) in [4.78, 5) is 12.6. The summed E-state index contributed by atoms with van der Waals surface area (Å²) < 4.78 is 5.50. The molecule has 1 saturated heterocycles. The molecule has 2 nitrogen and oxygen atoms in total. The number of hydrogen-bond acceptors (Lipinski definition) is 2. The maximum Gasteiger partial charge on any atom is 0.169 e. The van der Waals surface area contributed by atoms with Gasteiger partial charge >= 0.3 is 0 Å². The standard InChI is InChI=1S/C16H16O2/c1-11-13(9-10-18-11)16(17)15-8-4-6-12-5-2-3-7-14(12)15/h2-8,11,13H,9-10H2,1H3. The Morgan fingerprint density at radius 2 is 1.94 bits per heavy atom. The van der Waals surface area contributed by atoms with Gasteiger partial charge in [0.2, 0.25) is 0 Å². The van der Waals surface area contributed by atoms with Crippen molar-refractivity contribution >= 4 is 16.6 Å². The first-order valence-corrected chi connectivity index (χ1v) is 6.41. The van der Waals surface area contributed by atoms with Crippen molar-refractivity contribution in [2.24, 2.45) is 5.92 Å². The molecule has 0 aromatic heterocycles. The van der Waals surface area contributed by atoms with Crippen LogP contribution in [0.1, 0.15) is 23.7 Å². The first-order valence-electron chi connectivity index (χ1n) is 6.41. The fourth-order valence-corrected chi connectivity index (χ4v) is 2.72. The smallest absolute Gasteiger partial charge is 0.169 e. The molecule has 1 aliphatic rings. The third-order valence-electron chi connectivity index (χ3n) is 3.77. The number of ketones is 1. The molecule has 0 aliphatic carbocycles. The second-order valence-corrected chi connectivity index (χ2v) is 4.86. The normalized spacial score (nSPS) is 23.4. The Hall–Kier alpha value is -1.67. The lowest BCUT2D eigenvalue weighted by Crippen LogP contribution is -2.21. The molecule has 2 aromatic rings. The number of carbonyl (C=O) groups excluding carboxylic acids is 1. The topological polar surface area (TPSA) is 26.3 Å². The molecule has 2 unspecified atom stereocenters. The SMILES string of the molecule is CC1OCCC1C(=O)c1cccc2ccccc12. The average Bonchev–Trinajstić information content (AvgIpc) is 2.83. The maximum absolute atomic E-state index is 12.6. The summed E-state index contributed by atoms with van der Waals surface area (Å²) in [6.07, 6.45) is 0.875. The van der Waals surface area contributed by atoms with E-state index in [1.54, 1.807) is 0 Å². The highest BCUT2D eigenvalue weighted by atomic mass is 16.5. The second kappa shape index (κ2) is 4.54. The van der Waals surface area contributed by atoms with Gasteiger partial charge in [0.15, 0.2) is 5.78 Å². The van der Waals surface area contributed by atoms with E-state index in [1.807, 2.05) is 49.4 Å². The molecule has 18 heavy (non-hydrogen) atoms. The molecule has 0 N–H and O–H groups in total. The Morgan fingerprint density at radius 3 is 2.72 bits per heavy atom. The molecule has 0 saturated carbocycles. The minimum absolute atomic E-state index is 0.0100. The highest BCUT2D eigenvalue weighted by molar-refractivity contribution is 6.09. The van der Waals surface area contributed by atoms with Gasteiger partial charge in [0, 0.05) is 12.2 Å². The molecular formula is C16H16O2. The summed E-state index contributed by atoms with van der Waals surface area (Å²) in [6, 6.07) is 14.0. The zero-order valence-electron chi connectivity index (χ0n) is 10.4. The van der Waals surface area contributed by atoms with Crippen molar-refractivity contribution in [1.82, 2.24) is 0 Å². The molecule has 0 bridgehead atoms. The second-order valence-electron chi connectivity index (χ2n) is 4.86. The van der Waals surface area contributed by atoms with Gasteiger partial charge in [-0.25, -0.2) is 0 Å². The predicted octanol–water partition coefficient (Wildman–Crippen LogP) is 3.45. The third kappa shape index (κ3) is 1.83. The van der Waals surface area contributed by atoms with Crippen LogP contribution in [0.25, 0.3) is 10.8 Å². The van der Waals surface area contributed by atoms with Crippen LogP contribution in [0.2, 0.25) is 0 Å². The number of fused-ring (bicyclic) bond motifs is 1. The van der Waals surface area contributed by atoms with Gasteiger partial charge in [-0.2, -0.15) is 0 Å². The highest BCUT2D eigenvalue weighted by Crippen LogP contribution is 2.28. The van der Waals surface area contributed by atoms with Gasteiger partial charge in [0.05, 0.1) is 12.0 Å². The van der Waals surface area contributed by atoms with Gasteiger partial charge in [-0.15, -0.1) is 0 Å². The molecule has 2 aromatic carbocycles. The van der Waals surface area contributed by atoms with E-state index in [4.69, 9.17) is 4.74 Å². The van der Waals surface area contributed by atoms with Crippen molar-refractivity contribution in [3.63, 3.8) is 0 Å². The van der Waals surface area contributed by atoms with Crippen LogP contribution < -0.4 is 0 Å². The van der Waals surface area contributed by atoms with Crippen molar-refractivity contribution < 1.29 is 9.53 Å². The van der Waals surface area contributed by atoms with Crippen LogP contribution in [-0.4, -0.2) is 18.5 Å². The average molecular weight is 240 g/mol. The number of carbonyl (C=O) groups is 1. The van der Waals surface area contributed by atoms with Crippen molar-refractivity contribution in [2.75, 3.05) is 6.61 Å². The number of ether oxygens (including phenoxy) is 1. The van der Waals surface area contributed by atoms with Crippen LogP contribution in [0, 0.1) is 5.92 Å². The van der Waals surface area contributed by atoms with Crippen LogP contribution in [0.15, 0.2) is 42.5 Å². The quantitative estimate of drug-likeness (QED) is 0.751. The van der Waals surface area contributed by atoms with Crippen LogP contribution >= 0.6 is 0 Å². The molecule has 92 valence electrons. The van der Waals surface area contributed by atoms with E-state index < -0.39 is 0 Å². The van der Waals surface area contributed by atoms with E-state index in [1.165, 1.54) is 0 Å². The summed E-state index contributed by atoms with van der Waals surface area (Å²) in [5, 5.41) is 2.17. The van der Waals surface area contributed by atoms with Gasteiger partial charge in [0.25, 0.3) is 0 Å². The van der Waals surface area contributed by atoms with Crippen molar-refractivity contribution in [1.29, 1.82) is 0 Å². The minimum Gasteiger partial charge on any atom is -0.378 e. The fraction of sp³-hybridized carbons (Fsp3) is 0.312. The highest BCUT2D eigenvalue weighted by Gasteiger charge is 2.31. The first kappa shape index (κ1) is 11.4. The van der Waals surface area contributed by atoms with Gasteiger partial charge in [-0.1, -0.05) is 42.5 Å². The van der Waals surface area contributed by atoms with Crippen molar-refractivity contribution in [2.45, 2.75) is 19.4 Å². The lowest BCUT2D eigenvalue weighted by Gasteiger charge is -2.14. The summed E-state index contributed by atoms with van der Waals surface area (Å²) in [5.41, 5.74) is 0.829. The summed E-state index contributed by atoms with van der Waals surface area (Å²) >= 11 is 0. The third-order valence-corrected chi connectivity index (χ3v) is 3.77.